The standard InChI is InChI=1S/C11H10.C4H11N/c1-9-5-4-7-10-6-2-3-8-11(9)10;1-2-3-4-5/h2-8H,1H3;2-5H2,1H3. The van der Waals surface area contributed by atoms with Crippen LogP contribution < -0.4 is 5.73 Å². The predicted octanol–water partition coefficient (Wildman–Crippen LogP) is 3.89. The van der Waals surface area contributed by atoms with Crippen molar-refractivity contribution in [2.45, 2.75) is 26.7 Å². The van der Waals surface area contributed by atoms with Gasteiger partial charge in [-0.25, -0.2) is 0 Å². The van der Waals surface area contributed by atoms with Gasteiger partial charge in [-0.3, -0.25) is 0 Å². The minimum absolute atomic E-state index is 0.844. The zero-order valence-corrected chi connectivity index (χ0v) is 10.2. The first kappa shape index (κ1) is 12.7. The second kappa shape index (κ2) is 7.02. The van der Waals surface area contributed by atoms with Gasteiger partial charge in [0.15, 0.2) is 0 Å². The smallest absolute Gasteiger partial charge is 0.00774 e. The van der Waals surface area contributed by atoms with Crippen LogP contribution in [-0.2, 0) is 0 Å². The van der Waals surface area contributed by atoms with E-state index in [4.69, 9.17) is 5.73 Å². The highest BCUT2D eigenvalue weighted by Crippen LogP contribution is 2.16. The first-order valence-electron chi connectivity index (χ1n) is 5.94. The van der Waals surface area contributed by atoms with Crippen molar-refractivity contribution in [1.82, 2.24) is 0 Å². The highest BCUT2D eigenvalue weighted by atomic mass is 14.5. The normalized spacial score (nSPS) is 9.69. The van der Waals surface area contributed by atoms with Crippen molar-refractivity contribution in [3.8, 4) is 0 Å². The Morgan fingerprint density at radius 3 is 2.25 bits per heavy atom. The molecule has 0 atom stereocenters. The van der Waals surface area contributed by atoms with E-state index < -0.39 is 0 Å². The molecule has 16 heavy (non-hydrogen) atoms. The van der Waals surface area contributed by atoms with Gasteiger partial charge in [-0.05, 0) is 36.2 Å². The molecule has 0 spiro atoms. The SMILES string of the molecule is CCCCN.Cc1cccc2ccccc12. The minimum Gasteiger partial charge on any atom is -0.330 e. The van der Waals surface area contributed by atoms with Crippen LogP contribution in [-0.4, -0.2) is 6.54 Å². The molecule has 0 fully saturated rings. The summed E-state index contributed by atoms with van der Waals surface area (Å²) in [4.78, 5) is 0. The van der Waals surface area contributed by atoms with Crippen LogP contribution in [0.5, 0.6) is 0 Å². The maximum absolute atomic E-state index is 5.14. The van der Waals surface area contributed by atoms with Crippen LogP contribution in [0.15, 0.2) is 42.5 Å². The van der Waals surface area contributed by atoms with E-state index in [-0.39, 0.29) is 0 Å². The average Bonchev–Trinajstić information content (AvgIpc) is 2.32. The molecule has 0 aliphatic rings. The lowest BCUT2D eigenvalue weighted by Gasteiger charge is -1.98. The van der Waals surface area contributed by atoms with Crippen molar-refractivity contribution < 1.29 is 0 Å². The van der Waals surface area contributed by atoms with Gasteiger partial charge in [0, 0.05) is 0 Å². The Morgan fingerprint density at radius 1 is 1.00 bits per heavy atom. The Kier molecular flexibility index (Phi) is 5.58. The van der Waals surface area contributed by atoms with Crippen LogP contribution >= 0.6 is 0 Å². The van der Waals surface area contributed by atoms with Gasteiger partial charge in [0.1, 0.15) is 0 Å². The molecular formula is C15H21N. The lowest BCUT2D eigenvalue weighted by molar-refractivity contribution is 0.807. The van der Waals surface area contributed by atoms with E-state index in [1.165, 1.54) is 29.2 Å². The van der Waals surface area contributed by atoms with E-state index in [2.05, 4.69) is 56.3 Å². The predicted molar refractivity (Wildman–Crippen MR) is 72.6 cm³/mol. The van der Waals surface area contributed by atoms with E-state index in [0.717, 1.165) is 6.54 Å². The maximum atomic E-state index is 5.14. The maximum Gasteiger partial charge on any atom is -0.00774 e. The quantitative estimate of drug-likeness (QED) is 0.808. The molecule has 0 radical (unpaired) electrons. The number of aryl methyl sites for hydroxylation is 1. The van der Waals surface area contributed by atoms with E-state index in [9.17, 15) is 0 Å². The fourth-order valence-corrected chi connectivity index (χ4v) is 1.59. The first-order valence-corrected chi connectivity index (χ1v) is 5.94. The monoisotopic (exact) mass is 215 g/mol. The number of rotatable bonds is 2. The van der Waals surface area contributed by atoms with Gasteiger partial charge in [0.2, 0.25) is 0 Å². The summed E-state index contributed by atoms with van der Waals surface area (Å²) in [6.45, 7) is 5.12. The van der Waals surface area contributed by atoms with Crippen molar-refractivity contribution in [1.29, 1.82) is 0 Å². The highest BCUT2D eigenvalue weighted by Gasteiger charge is 1.92. The zero-order chi connectivity index (χ0) is 11.8. The Morgan fingerprint density at radius 2 is 1.69 bits per heavy atom. The van der Waals surface area contributed by atoms with E-state index in [1.54, 1.807) is 0 Å². The first-order chi connectivity index (χ1) is 7.79. The molecule has 0 saturated carbocycles. The average molecular weight is 215 g/mol. The molecule has 2 rings (SSSR count). The van der Waals surface area contributed by atoms with Crippen LogP contribution in [0.25, 0.3) is 10.8 Å². The van der Waals surface area contributed by atoms with Gasteiger partial charge in [0.05, 0.1) is 0 Å². The summed E-state index contributed by atoms with van der Waals surface area (Å²) in [5.41, 5.74) is 6.49. The van der Waals surface area contributed by atoms with Gasteiger partial charge in [-0.2, -0.15) is 0 Å². The largest absolute Gasteiger partial charge is 0.330 e. The minimum atomic E-state index is 0.844. The van der Waals surface area contributed by atoms with E-state index in [1.807, 2.05) is 0 Å². The molecule has 1 nitrogen and oxygen atoms in total. The molecule has 0 bridgehead atoms. The fourth-order valence-electron chi connectivity index (χ4n) is 1.59. The van der Waals surface area contributed by atoms with Crippen LogP contribution in [0.3, 0.4) is 0 Å². The van der Waals surface area contributed by atoms with Gasteiger partial charge >= 0.3 is 0 Å². The third-order valence-electron chi connectivity index (χ3n) is 2.57. The van der Waals surface area contributed by atoms with Crippen LogP contribution in [0, 0.1) is 6.92 Å². The van der Waals surface area contributed by atoms with Crippen LogP contribution in [0.4, 0.5) is 0 Å². The molecule has 2 aromatic carbocycles. The number of benzene rings is 2. The number of fused-ring (bicyclic) bond motifs is 1. The van der Waals surface area contributed by atoms with Crippen molar-refractivity contribution >= 4 is 10.8 Å². The summed E-state index contributed by atoms with van der Waals surface area (Å²) in [6, 6.07) is 14.8. The van der Waals surface area contributed by atoms with Gasteiger partial charge in [-0.15, -0.1) is 0 Å². The molecule has 0 aliphatic heterocycles. The second-order valence-electron chi connectivity index (χ2n) is 3.94. The summed E-state index contributed by atoms with van der Waals surface area (Å²) < 4.78 is 0. The Hall–Kier alpha value is -1.34. The van der Waals surface area contributed by atoms with Gasteiger partial charge in [-0.1, -0.05) is 55.8 Å². The summed E-state index contributed by atoms with van der Waals surface area (Å²) in [6.07, 6.45) is 2.39. The Labute approximate surface area is 98.3 Å². The van der Waals surface area contributed by atoms with E-state index >= 15 is 0 Å². The molecule has 0 amide bonds. The molecular weight excluding hydrogens is 194 g/mol. The molecule has 0 aromatic heterocycles. The lowest BCUT2D eigenvalue weighted by atomic mass is 10.1. The number of hydrogen-bond acceptors (Lipinski definition) is 1. The summed E-state index contributed by atoms with van der Waals surface area (Å²) >= 11 is 0. The molecule has 86 valence electrons. The van der Waals surface area contributed by atoms with Crippen LogP contribution in [0.2, 0.25) is 0 Å². The van der Waals surface area contributed by atoms with Gasteiger partial charge < -0.3 is 5.73 Å². The summed E-state index contributed by atoms with van der Waals surface area (Å²) in [7, 11) is 0. The molecule has 2 aromatic rings. The number of nitrogens with two attached hydrogens (primary N) is 1. The second-order valence-corrected chi connectivity index (χ2v) is 3.94. The third-order valence-corrected chi connectivity index (χ3v) is 2.57. The van der Waals surface area contributed by atoms with Crippen molar-refractivity contribution in [2.75, 3.05) is 6.54 Å². The third kappa shape index (κ3) is 3.67. The molecule has 0 saturated heterocycles. The Balaban J connectivity index is 0.000000221. The van der Waals surface area contributed by atoms with Crippen molar-refractivity contribution in [2.24, 2.45) is 5.73 Å². The van der Waals surface area contributed by atoms with E-state index in [0.29, 0.717) is 0 Å². The number of hydrogen-bond donors (Lipinski definition) is 1. The van der Waals surface area contributed by atoms with Crippen molar-refractivity contribution in [3.63, 3.8) is 0 Å². The Bertz CT molecular complexity index is 413. The molecule has 0 heterocycles. The summed E-state index contributed by atoms with van der Waals surface area (Å²) in [5, 5.41) is 2.68. The molecule has 0 aliphatic carbocycles. The topological polar surface area (TPSA) is 26.0 Å². The van der Waals surface area contributed by atoms with Crippen LogP contribution in [0.1, 0.15) is 25.3 Å². The lowest BCUT2D eigenvalue weighted by Crippen LogP contribution is -1.95. The van der Waals surface area contributed by atoms with Crippen molar-refractivity contribution in [3.05, 3.63) is 48.0 Å². The zero-order valence-electron chi connectivity index (χ0n) is 10.2. The number of unbranched alkanes of at least 4 members (excludes halogenated alkanes) is 1. The molecule has 1 heteroatoms. The molecule has 2 N–H and O–H groups in total. The highest BCUT2D eigenvalue weighted by molar-refractivity contribution is 5.85. The fraction of sp³-hybridized carbons (Fsp3) is 0.333. The summed E-state index contributed by atoms with van der Waals surface area (Å²) in [5.74, 6) is 0. The molecule has 0 unspecified atom stereocenters. The van der Waals surface area contributed by atoms with Gasteiger partial charge in [0.25, 0.3) is 0 Å².